The zero-order valence-corrected chi connectivity index (χ0v) is 13.1. The van der Waals surface area contributed by atoms with Gasteiger partial charge in [0.05, 0.1) is 0 Å². The number of carbonyl (C=O) groups is 2. The Bertz CT molecular complexity index is 447. The lowest BCUT2D eigenvalue weighted by molar-refractivity contribution is -0.314. The SMILES string of the molecule is O=C([O-])[C@H]1CCCC[C@@H]1C(=O)NC1C2CC3CC(C2)CC1C3. The number of aliphatic carboxylic acids is 1. The molecule has 5 saturated carbocycles. The predicted octanol–water partition coefficient (Wildman–Crippen LogP) is 1.48. The fourth-order valence-electron chi connectivity index (χ4n) is 6.16. The van der Waals surface area contributed by atoms with Gasteiger partial charge in [-0.1, -0.05) is 12.8 Å². The van der Waals surface area contributed by atoms with Crippen LogP contribution in [-0.4, -0.2) is 17.9 Å². The topological polar surface area (TPSA) is 69.2 Å². The summed E-state index contributed by atoms with van der Waals surface area (Å²) in [5, 5.41) is 14.6. The molecule has 0 aromatic carbocycles. The molecule has 0 unspecified atom stereocenters. The summed E-state index contributed by atoms with van der Waals surface area (Å²) in [5.74, 6) is 1.08. The molecular weight excluding hydrogens is 278 g/mol. The molecule has 1 amide bonds. The highest BCUT2D eigenvalue weighted by Crippen LogP contribution is 2.53. The maximum absolute atomic E-state index is 12.7. The van der Waals surface area contributed by atoms with Crippen molar-refractivity contribution in [2.45, 2.75) is 63.8 Å². The Balaban J connectivity index is 1.44. The molecule has 0 aromatic heterocycles. The summed E-state index contributed by atoms with van der Waals surface area (Å²) in [6, 6.07) is 0.310. The summed E-state index contributed by atoms with van der Waals surface area (Å²) < 4.78 is 0. The van der Waals surface area contributed by atoms with E-state index >= 15 is 0 Å². The minimum absolute atomic E-state index is 0.00799. The zero-order chi connectivity index (χ0) is 15.3. The molecule has 0 radical (unpaired) electrons. The largest absolute Gasteiger partial charge is 0.550 e. The monoisotopic (exact) mass is 304 g/mol. The van der Waals surface area contributed by atoms with Crippen LogP contribution in [-0.2, 0) is 9.59 Å². The average molecular weight is 304 g/mol. The van der Waals surface area contributed by atoms with Crippen LogP contribution in [0.15, 0.2) is 0 Å². The van der Waals surface area contributed by atoms with E-state index in [0.717, 1.165) is 24.7 Å². The number of carboxylic acid groups (broad SMARTS) is 1. The first kappa shape index (κ1) is 14.5. The number of nitrogens with one attached hydrogen (secondary N) is 1. The summed E-state index contributed by atoms with van der Waals surface area (Å²) in [7, 11) is 0. The van der Waals surface area contributed by atoms with Gasteiger partial charge < -0.3 is 15.2 Å². The van der Waals surface area contributed by atoms with Crippen LogP contribution in [0.25, 0.3) is 0 Å². The van der Waals surface area contributed by atoms with Gasteiger partial charge in [0.1, 0.15) is 0 Å². The van der Waals surface area contributed by atoms with Gasteiger partial charge in [0.25, 0.3) is 0 Å². The van der Waals surface area contributed by atoms with Gasteiger partial charge in [-0.05, 0) is 68.6 Å². The lowest BCUT2D eigenvalue weighted by atomic mass is 9.54. The van der Waals surface area contributed by atoms with Gasteiger partial charge in [-0.3, -0.25) is 4.79 Å². The van der Waals surface area contributed by atoms with Gasteiger partial charge in [0.15, 0.2) is 0 Å². The molecule has 4 heteroatoms. The maximum atomic E-state index is 12.7. The van der Waals surface area contributed by atoms with Crippen molar-refractivity contribution < 1.29 is 14.7 Å². The van der Waals surface area contributed by atoms with Gasteiger partial charge in [0.2, 0.25) is 5.91 Å². The molecule has 1 N–H and O–H groups in total. The van der Waals surface area contributed by atoms with Crippen molar-refractivity contribution in [3.8, 4) is 0 Å². The normalized spacial score (nSPS) is 46.5. The molecule has 4 bridgehead atoms. The van der Waals surface area contributed by atoms with Crippen LogP contribution in [0, 0.1) is 35.5 Å². The molecule has 0 heterocycles. The fraction of sp³-hybridized carbons (Fsp3) is 0.889. The second kappa shape index (κ2) is 5.54. The van der Waals surface area contributed by atoms with Crippen molar-refractivity contribution in [3.05, 3.63) is 0 Å². The highest BCUT2D eigenvalue weighted by molar-refractivity contribution is 5.84. The lowest BCUT2D eigenvalue weighted by Gasteiger charge is -2.54. The van der Waals surface area contributed by atoms with Crippen molar-refractivity contribution in [1.82, 2.24) is 5.32 Å². The third kappa shape index (κ3) is 2.44. The Morgan fingerprint density at radius 2 is 1.36 bits per heavy atom. The Hall–Kier alpha value is -1.06. The lowest BCUT2D eigenvalue weighted by Crippen LogP contribution is -2.57. The van der Waals surface area contributed by atoms with Crippen LogP contribution in [0.1, 0.15) is 57.8 Å². The maximum Gasteiger partial charge on any atom is 0.224 e. The van der Waals surface area contributed by atoms with E-state index in [1.165, 1.54) is 32.1 Å². The molecule has 0 aliphatic heterocycles. The summed E-state index contributed by atoms with van der Waals surface area (Å²) in [6.45, 7) is 0. The number of carboxylic acids is 1. The van der Waals surface area contributed by atoms with E-state index in [1.807, 2.05) is 0 Å². The van der Waals surface area contributed by atoms with Crippen LogP contribution in [0.4, 0.5) is 0 Å². The number of amides is 1. The van der Waals surface area contributed by atoms with Gasteiger partial charge in [-0.15, -0.1) is 0 Å². The Morgan fingerprint density at radius 3 is 1.91 bits per heavy atom. The summed E-state index contributed by atoms with van der Waals surface area (Å²) in [6.07, 6.45) is 9.66. The summed E-state index contributed by atoms with van der Waals surface area (Å²) >= 11 is 0. The van der Waals surface area contributed by atoms with Crippen molar-refractivity contribution in [3.63, 3.8) is 0 Å². The van der Waals surface area contributed by atoms with Crippen LogP contribution in [0.5, 0.6) is 0 Å². The standard InChI is InChI=1S/C18H27NO3/c20-17(14-3-1-2-4-15(14)18(21)22)19-16-12-6-10-5-11(8-12)9-13(16)7-10/h10-16H,1-9H2,(H,19,20)(H,21,22)/p-1/t10?,11?,12?,13?,14-,15-,16?/m0/s1. The van der Waals surface area contributed by atoms with Crippen molar-refractivity contribution in [1.29, 1.82) is 0 Å². The quantitative estimate of drug-likeness (QED) is 0.858. The van der Waals surface area contributed by atoms with E-state index in [9.17, 15) is 14.7 Å². The number of hydrogen-bond donors (Lipinski definition) is 1. The predicted molar refractivity (Wildman–Crippen MR) is 79.4 cm³/mol. The third-order valence-corrected chi connectivity index (χ3v) is 6.94. The second-order valence-corrected chi connectivity index (χ2v) is 8.28. The Labute approximate surface area is 132 Å². The molecule has 22 heavy (non-hydrogen) atoms. The first-order chi connectivity index (χ1) is 10.6. The Kier molecular flexibility index (Phi) is 3.66. The molecule has 0 spiro atoms. The third-order valence-electron chi connectivity index (χ3n) is 6.94. The van der Waals surface area contributed by atoms with Crippen molar-refractivity contribution >= 4 is 11.9 Å². The molecule has 0 aromatic rings. The minimum Gasteiger partial charge on any atom is -0.550 e. The first-order valence-corrected chi connectivity index (χ1v) is 9.13. The summed E-state index contributed by atoms with van der Waals surface area (Å²) in [4.78, 5) is 24.0. The fourth-order valence-corrected chi connectivity index (χ4v) is 6.16. The first-order valence-electron chi connectivity index (χ1n) is 9.13. The van der Waals surface area contributed by atoms with Gasteiger partial charge in [-0.2, -0.15) is 0 Å². The van der Waals surface area contributed by atoms with E-state index < -0.39 is 11.9 Å². The van der Waals surface area contributed by atoms with E-state index in [1.54, 1.807) is 0 Å². The van der Waals surface area contributed by atoms with Gasteiger partial charge in [0, 0.05) is 23.8 Å². The second-order valence-electron chi connectivity index (χ2n) is 8.28. The number of rotatable bonds is 3. The van der Waals surface area contributed by atoms with E-state index in [2.05, 4.69) is 5.32 Å². The molecule has 0 saturated heterocycles. The van der Waals surface area contributed by atoms with E-state index in [-0.39, 0.29) is 11.8 Å². The van der Waals surface area contributed by atoms with Crippen LogP contribution >= 0.6 is 0 Å². The van der Waals surface area contributed by atoms with Gasteiger partial charge in [-0.25, -0.2) is 0 Å². The van der Waals surface area contributed by atoms with E-state index in [0.29, 0.717) is 30.7 Å². The number of carbonyl (C=O) groups excluding carboxylic acids is 2. The highest BCUT2D eigenvalue weighted by Gasteiger charge is 2.49. The van der Waals surface area contributed by atoms with Crippen LogP contribution < -0.4 is 10.4 Å². The molecule has 122 valence electrons. The molecule has 5 aliphatic rings. The molecule has 5 aliphatic carbocycles. The van der Waals surface area contributed by atoms with Crippen molar-refractivity contribution in [2.75, 3.05) is 0 Å². The highest BCUT2D eigenvalue weighted by atomic mass is 16.4. The van der Waals surface area contributed by atoms with Crippen LogP contribution in [0.2, 0.25) is 0 Å². The Morgan fingerprint density at radius 1 is 0.818 bits per heavy atom. The molecule has 5 fully saturated rings. The minimum atomic E-state index is -1.04. The summed E-state index contributed by atoms with van der Waals surface area (Å²) in [5.41, 5.74) is 0. The van der Waals surface area contributed by atoms with Crippen LogP contribution in [0.3, 0.4) is 0 Å². The molecule has 5 rings (SSSR count). The number of hydrogen-bond acceptors (Lipinski definition) is 3. The van der Waals surface area contributed by atoms with Crippen molar-refractivity contribution in [2.24, 2.45) is 35.5 Å². The molecular formula is C18H26NO3-. The zero-order valence-electron chi connectivity index (χ0n) is 13.1. The average Bonchev–Trinajstić information content (AvgIpc) is 2.50. The molecule has 4 nitrogen and oxygen atoms in total. The molecule has 2 atom stereocenters. The van der Waals surface area contributed by atoms with Gasteiger partial charge >= 0.3 is 0 Å². The van der Waals surface area contributed by atoms with E-state index in [4.69, 9.17) is 0 Å². The smallest absolute Gasteiger partial charge is 0.224 e.